The molecule has 1 atom stereocenters. The maximum Gasteiger partial charge on any atom is 0.409 e. The number of rotatable bonds is 11. The first-order valence-corrected chi connectivity index (χ1v) is 16.9. The number of fused-ring (bicyclic) bond motifs is 1. The molecule has 1 aliphatic heterocycles. The largest absolute Gasteiger partial charge is 0.497 e. The number of methoxy groups -OCH3 is 2. The number of carbonyl (C=O) groups excluding carboxylic acids is 2. The van der Waals surface area contributed by atoms with Crippen LogP contribution in [0, 0.1) is 5.82 Å². The molecule has 0 radical (unpaired) electrons. The van der Waals surface area contributed by atoms with Gasteiger partial charge in [-0.15, -0.1) is 10.2 Å². The van der Waals surface area contributed by atoms with E-state index in [2.05, 4.69) is 20.8 Å². The molecule has 1 unspecified atom stereocenters. The van der Waals surface area contributed by atoms with Crippen LogP contribution in [0.25, 0.3) is 10.9 Å². The normalized spacial score (nSPS) is 13.4. The zero-order valence-corrected chi connectivity index (χ0v) is 28.9. The number of hydrogen-bond donors (Lipinski definition) is 2. The van der Waals surface area contributed by atoms with Gasteiger partial charge >= 0.3 is 12.1 Å². The summed E-state index contributed by atoms with van der Waals surface area (Å²) in [6.45, 7) is 3.39. The van der Waals surface area contributed by atoms with E-state index in [0.29, 0.717) is 45.5 Å². The number of halogens is 1. The molecule has 1 fully saturated rings. The van der Waals surface area contributed by atoms with Crippen LogP contribution in [0.3, 0.4) is 0 Å². The minimum atomic E-state index is -0.867. The smallest absolute Gasteiger partial charge is 0.409 e. The van der Waals surface area contributed by atoms with Gasteiger partial charge in [0, 0.05) is 24.8 Å². The molecule has 6 rings (SSSR count). The molecule has 17 heteroatoms. The van der Waals surface area contributed by atoms with Crippen LogP contribution in [-0.4, -0.2) is 90.4 Å². The third-order valence-corrected chi connectivity index (χ3v) is 8.91. The van der Waals surface area contributed by atoms with Crippen LogP contribution in [0.15, 0.2) is 77.0 Å². The predicted octanol–water partition coefficient (Wildman–Crippen LogP) is 4.71. The van der Waals surface area contributed by atoms with Crippen molar-refractivity contribution in [2.45, 2.75) is 13.0 Å². The van der Waals surface area contributed by atoms with Crippen LogP contribution >= 0.6 is 11.3 Å². The number of urea groups is 1. The Bertz CT molecular complexity index is 2040. The van der Waals surface area contributed by atoms with Crippen LogP contribution in [0.4, 0.5) is 30.5 Å². The number of piperazine rings is 1. The third kappa shape index (κ3) is 7.77. The second kappa shape index (κ2) is 15.7. The van der Waals surface area contributed by atoms with E-state index in [0.717, 1.165) is 0 Å². The summed E-state index contributed by atoms with van der Waals surface area (Å²) in [5.41, 5.74) is 2.45. The van der Waals surface area contributed by atoms with E-state index in [4.69, 9.17) is 19.2 Å². The number of para-hydroxylation sites is 1. The first-order valence-electron chi connectivity index (χ1n) is 16.0. The van der Waals surface area contributed by atoms with Crippen molar-refractivity contribution in [3.8, 4) is 11.5 Å². The second-order valence-corrected chi connectivity index (χ2v) is 12.2. The molecule has 5 aromatic rings. The van der Waals surface area contributed by atoms with Gasteiger partial charge in [-0.25, -0.2) is 23.6 Å². The molecule has 0 aliphatic carbocycles. The van der Waals surface area contributed by atoms with E-state index in [1.165, 1.54) is 59.4 Å². The van der Waals surface area contributed by atoms with Crippen molar-refractivity contribution in [3.05, 3.63) is 94.2 Å². The molecule has 51 heavy (non-hydrogen) atoms. The molecule has 1 saturated heterocycles. The van der Waals surface area contributed by atoms with Crippen LogP contribution in [0.2, 0.25) is 0 Å². The molecule has 3 aromatic carbocycles. The SMILES string of the molecule is COc1ccc(N(C(=O)Nc2ccc(F)cc2)C(C)c2nc3ccccc3c(=O)n2N2CCN(C(=O)OCCNc3nncs3)CC2)c(OC)c1. The van der Waals surface area contributed by atoms with Crippen LogP contribution < -0.4 is 35.6 Å². The Hall–Kier alpha value is -5.97. The number of ether oxygens (including phenoxy) is 3. The van der Waals surface area contributed by atoms with Crippen LogP contribution in [-0.2, 0) is 4.74 Å². The summed E-state index contributed by atoms with van der Waals surface area (Å²) < 4.78 is 31.7. The number of benzene rings is 3. The molecule has 0 spiro atoms. The van der Waals surface area contributed by atoms with E-state index >= 15 is 0 Å². The Balaban J connectivity index is 1.31. The molecule has 0 bridgehead atoms. The molecule has 3 heterocycles. The molecule has 3 amide bonds. The molecule has 15 nitrogen and oxygen atoms in total. The van der Waals surface area contributed by atoms with Gasteiger partial charge in [0.1, 0.15) is 29.4 Å². The average molecular weight is 718 g/mol. The maximum atomic E-state index is 14.3. The number of nitrogens with zero attached hydrogens (tertiary/aromatic N) is 7. The number of aromatic nitrogens is 4. The highest BCUT2D eigenvalue weighted by molar-refractivity contribution is 7.13. The standard InChI is InChI=1S/C34H36FN9O6S/c1-22(43(28-13-12-25(48-2)20-29(28)49-3)33(46)38-24-10-8-23(35)9-11-24)30-39-27-7-5-4-6-26(27)31(45)44(30)42-17-15-41(16-18-42)34(47)50-19-14-36-32-40-37-21-51-32/h4-13,20-22H,14-19H2,1-3H3,(H,36,40)(H,38,46). The van der Waals surface area contributed by atoms with Gasteiger partial charge in [0.2, 0.25) is 5.13 Å². The number of anilines is 3. The van der Waals surface area contributed by atoms with Gasteiger partial charge in [-0.05, 0) is 55.5 Å². The Labute approximate surface area is 296 Å². The van der Waals surface area contributed by atoms with Crippen molar-refractivity contribution >= 4 is 50.9 Å². The van der Waals surface area contributed by atoms with Gasteiger partial charge in [-0.1, -0.05) is 23.5 Å². The molecule has 0 saturated carbocycles. The predicted molar refractivity (Wildman–Crippen MR) is 191 cm³/mol. The lowest BCUT2D eigenvalue weighted by Crippen LogP contribution is -2.57. The van der Waals surface area contributed by atoms with Gasteiger partial charge in [-0.3, -0.25) is 9.69 Å². The summed E-state index contributed by atoms with van der Waals surface area (Å²) in [7, 11) is 3.00. The van der Waals surface area contributed by atoms with Crippen LogP contribution in [0.1, 0.15) is 18.8 Å². The Morgan fingerprint density at radius 3 is 2.49 bits per heavy atom. The lowest BCUT2D eigenvalue weighted by Gasteiger charge is -2.38. The molecular formula is C34H36FN9O6S. The summed E-state index contributed by atoms with van der Waals surface area (Å²) in [5, 5.41) is 16.4. The number of carbonyl (C=O) groups is 2. The van der Waals surface area contributed by atoms with E-state index in [-0.39, 0.29) is 44.2 Å². The van der Waals surface area contributed by atoms with E-state index < -0.39 is 24.0 Å². The highest BCUT2D eigenvalue weighted by atomic mass is 32.1. The molecule has 266 valence electrons. The van der Waals surface area contributed by atoms with E-state index in [1.54, 1.807) is 59.8 Å². The quantitative estimate of drug-likeness (QED) is 0.183. The molecule has 2 aromatic heterocycles. The second-order valence-electron chi connectivity index (χ2n) is 11.4. The summed E-state index contributed by atoms with van der Waals surface area (Å²) >= 11 is 1.35. The molecule has 2 N–H and O–H groups in total. The fourth-order valence-corrected chi connectivity index (χ4v) is 6.18. The lowest BCUT2D eigenvalue weighted by molar-refractivity contribution is 0.101. The minimum absolute atomic E-state index is 0.138. The first-order chi connectivity index (χ1) is 24.8. The number of hydrogen-bond acceptors (Lipinski definition) is 12. The topological polar surface area (TPSA) is 156 Å². The molecule has 1 aliphatic rings. The van der Waals surface area contributed by atoms with E-state index in [1.807, 2.05) is 5.01 Å². The third-order valence-electron chi connectivity index (χ3n) is 8.26. The minimum Gasteiger partial charge on any atom is -0.497 e. The fraction of sp³-hybridized carbons (Fsp3) is 0.294. The van der Waals surface area contributed by atoms with Gasteiger partial charge < -0.3 is 34.8 Å². The molecular weight excluding hydrogens is 681 g/mol. The maximum absolute atomic E-state index is 14.3. The average Bonchev–Trinajstić information content (AvgIpc) is 3.68. The van der Waals surface area contributed by atoms with Gasteiger partial charge in [-0.2, -0.15) is 0 Å². The highest BCUT2D eigenvalue weighted by Crippen LogP contribution is 2.37. The fourth-order valence-electron chi connectivity index (χ4n) is 5.71. The summed E-state index contributed by atoms with van der Waals surface area (Å²) in [4.78, 5) is 49.3. The van der Waals surface area contributed by atoms with Crippen molar-refractivity contribution in [3.63, 3.8) is 0 Å². The van der Waals surface area contributed by atoms with Crippen molar-refractivity contribution in [1.29, 1.82) is 0 Å². The Kier molecular flexibility index (Phi) is 10.7. The zero-order chi connectivity index (χ0) is 35.9. The van der Waals surface area contributed by atoms with Crippen molar-refractivity contribution < 1.29 is 28.2 Å². The van der Waals surface area contributed by atoms with Crippen molar-refractivity contribution in [1.82, 2.24) is 24.8 Å². The van der Waals surface area contributed by atoms with E-state index in [9.17, 15) is 18.8 Å². The van der Waals surface area contributed by atoms with Crippen molar-refractivity contribution in [2.75, 3.05) is 74.1 Å². The summed E-state index contributed by atoms with van der Waals surface area (Å²) in [5.74, 6) is 0.655. The lowest BCUT2D eigenvalue weighted by atomic mass is 10.1. The number of amides is 3. The summed E-state index contributed by atoms with van der Waals surface area (Å²) in [6.07, 6.45) is -0.471. The monoisotopic (exact) mass is 717 g/mol. The number of nitrogens with one attached hydrogen (secondary N) is 2. The van der Waals surface area contributed by atoms with Crippen molar-refractivity contribution in [2.24, 2.45) is 0 Å². The zero-order valence-electron chi connectivity index (χ0n) is 28.1. The Morgan fingerprint density at radius 2 is 1.78 bits per heavy atom. The van der Waals surface area contributed by atoms with Gasteiger partial charge in [0.15, 0.2) is 5.82 Å². The summed E-state index contributed by atoms with van der Waals surface area (Å²) in [6, 6.07) is 15.9. The Morgan fingerprint density at radius 1 is 1.02 bits per heavy atom. The highest BCUT2D eigenvalue weighted by Gasteiger charge is 2.33. The van der Waals surface area contributed by atoms with Crippen LogP contribution in [0.5, 0.6) is 11.5 Å². The van der Waals surface area contributed by atoms with Gasteiger partial charge in [0.25, 0.3) is 5.56 Å². The van der Waals surface area contributed by atoms with Gasteiger partial charge in [0.05, 0.1) is 56.5 Å². The first kappa shape index (κ1) is 34.9.